The van der Waals surface area contributed by atoms with Gasteiger partial charge in [0.2, 0.25) is 0 Å². The number of rotatable bonds is 0. The summed E-state index contributed by atoms with van der Waals surface area (Å²) >= 11 is 0. The van der Waals surface area contributed by atoms with Gasteiger partial charge in [0.15, 0.2) is 0 Å². The normalized spacial score (nSPS) is 21.4. The standard InChI is InChI=1S/CO4.Ca.Sn.4H/c2-1(3)4-5-1;;;;;;/q-2;+2;;;;;. The molecule has 7 heavy (non-hydrogen) atoms. The first-order valence-corrected chi connectivity index (χ1v) is 0.983. The maximum atomic E-state index is 9.22. The second kappa shape index (κ2) is 3.84. The van der Waals surface area contributed by atoms with E-state index in [0.717, 1.165) is 0 Å². The molecule has 1 fully saturated rings. The van der Waals surface area contributed by atoms with Crippen molar-refractivity contribution in [2.24, 2.45) is 0 Å². The second-order valence-electron chi connectivity index (χ2n) is 0.667. The zero-order chi connectivity index (χ0) is 3.91. The predicted octanol–water partition coefficient (Wildman–Crippen LogP) is -4.55. The van der Waals surface area contributed by atoms with E-state index in [1.165, 1.54) is 0 Å². The van der Waals surface area contributed by atoms with Crippen molar-refractivity contribution in [3.8, 4) is 0 Å². The molecule has 0 bridgehead atoms. The van der Waals surface area contributed by atoms with Crippen molar-refractivity contribution in [1.29, 1.82) is 0 Å². The van der Waals surface area contributed by atoms with Gasteiger partial charge in [-0.15, -0.1) is 0 Å². The summed E-state index contributed by atoms with van der Waals surface area (Å²) in [5, 5.41) is 18.4. The minimum atomic E-state index is -2.75. The van der Waals surface area contributed by atoms with Crippen LogP contribution in [-0.2, 0) is 9.78 Å². The fourth-order valence-corrected chi connectivity index (χ4v) is 0.0340. The molecule has 0 radical (unpaired) electrons. The Morgan fingerprint density at radius 1 is 1.14 bits per heavy atom. The first kappa shape index (κ1) is 11.7. The molecule has 0 amide bonds. The van der Waals surface area contributed by atoms with E-state index in [4.69, 9.17) is 0 Å². The van der Waals surface area contributed by atoms with Gasteiger partial charge in [-0.2, -0.15) is 0 Å². The molecule has 0 aromatic heterocycles. The molecule has 38 valence electrons. The van der Waals surface area contributed by atoms with Crippen molar-refractivity contribution in [2.75, 3.05) is 0 Å². The molecule has 1 rings (SSSR count). The van der Waals surface area contributed by atoms with Crippen molar-refractivity contribution in [1.82, 2.24) is 0 Å². The summed E-state index contributed by atoms with van der Waals surface area (Å²) in [4.78, 5) is 6.57. The molecule has 4 nitrogen and oxygen atoms in total. The summed E-state index contributed by atoms with van der Waals surface area (Å²) in [6.07, 6.45) is -2.75. The average molecular weight is 239 g/mol. The van der Waals surface area contributed by atoms with E-state index in [1.807, 2.05) is 0 Å². The van der Waals surface area contributed by atoms with Crippen LogP contribution in [0.15, 0.2) is 0 Å². The summed E-state index contributed by atoms with van der Waals surface area (Å²) in [6, 6.07) is 0. The van der Waals surface area contributed by atoms with Crippen LogP contribution < -0.4 is 10.2 Å². The van der Waals surface area contributed by atoms with E-state index in [2.05, 4.69) is 9.78 Å². The number of hydrogen-bond acceptors (Lipinski definition) is 4. The van der Waals surface area contributed by atoms with Gasteiger partial charge in [0.25, 0.3) is 0 Å². The SMILES string of the molecule is [Ca+2].[O-]C1([O-])OO1.[SnH4]. The monoisotopic (exact) mass is 240 g/mol. The molecule has 6 heteroatoms. The summed E-state index contributed by atoms with van der Waals surface area (Å²) < 4.78 is 0. The van der Waals surface area contributed by atoms with E-state index in [-0.39, 0.29) is 61.6 Å². The molecule has 0 aliphatic carbocycles. The van der Waals surface area contributed by atoms with Crippen molar-refractivity contribution in [2.45, 2.75) is 6.16 Å². The summed E-state index contributed by atoms with van der Waals surface area (Å²) in [7, 11) is 0. The Bertz CT molecular complexity index is 49.7. The molecule has 1 saturated heterocycles. The first-order valence-electron chi connectivity index (χ1n) is 0.983. The van der Waals surface area contributed by atoms with Crippen LogP contribution in [-0.4, -0.2) is 67.8 Å². The third-order valence-electron chi connectivity index (χ3n) is 0.219. The molecule has 0 saturated carbocycles. The third-order valence-corrected chi connectivity index (χ3v) is 0.219. The van der Waals surface area contributed by atoms with E-state index >= 15 is 0 Å². The Hall–Kier alpha value is 1.90. The topological polar surface area (TPSA) is 71.2 Å². The molecule has 0 spiro atoms. The molecular formula is CH4CaO4Sn. The van der Waals surface area contributed by atoms with E-state index in [9.17, 15) is 10.2 Å². The fourth-order valence-electron chi connectivity index (χ4n) is 0.0340. The molecule has 1 aliphatic heterocycles. The first-order chi connectivity index (χ1) is 2.21. The predicted molar refractivity (Wildman–Crippen MR) is 22.0 cm³/mol. The van der Waals surface area contributed by atoms with Gasteiger partial charge in [-0.3, -0.25) is 0 Å². The van der Waals surface area contributed by atoms with Crippen molar-refractivity contribution < 1.29 is 20.0 Å². The van der Waals surface area contributed by atoms with Gasteiger partial charge >= 0.3 is 61.6 Å². The van der Waals surface area contributed by atoms with Gasteiger partial charge in [0.05, 0.1) is 6.16 Å². The van der Waals surface area contributed by atoms with Gasteiger partial charge < -0.3 is 10.2 Å². The molecular weight excluding hydrogens is 235 g/mol. The van der Waals surface area contributed by atoms with Gasteiger partial charge in [-0.05, 0) is 0 Å². The van der Waals surface area contributed by atoms with Crippen LogP contribution >= 0.6 is 0 Å². The van der Waals surface area contributed by atoms with Crippen LogP contribution in [0.4, 0.5) is 0 Å². The maximum absolute atomic E-state index is 9.22. The molecule has 1 heterocycles. The van der Waals surface area contributed by atoms with Crippen LogP contribution in [0.25, 0.3) is 0 Å². The average Bonchev–Trinajstić information content (AvgIpc) is 1.76. The Morgan fingerprint density at radius 3 is 1.29 bits per heavy atom. The minimum absolute atomic E-state index is 0. The van der Waals surface area contributed by atoms with Gasteiger partial charge in [0.1, 0.15) is 0 Å². The number of hydrogen-bond donors (Lipinski definition) is 0. The van der Waals surface area contributed by atoms with Gasteiger partial charge in [0, 0.05) is 0 Å². The van der Waals surface area contributed by atoms with Crippen molar-refractivity contribution in [3.63, 3.8) is 0 Å². The fraction of sp³-hybridized carbons (Fsp3) is 1.00. The molecule has 0 aromatic carbocycles. The molecule has 0 aromatic rings. The Labute approximate surface area is 86.7 Å². The Balaban J connectivity index is 0. The van der Waals surface area contributed by atoms with Gasteiger partial charge in [-0.1, -0.05) is 0 Å². The molecule has 1 aliphatic rings. The summed E-state index contributed by atoms with van der Waals surface area (Å²) in [6.45, 7) is 0. The van der Waals surface area contributed by atoms with Crippen LogP contribution in [0, 0.1) is 0 Å². The summed E-state index contributed by atoms with van der Waals surface area (Å²) in [5.74, 6) is 0. The van der Waals surface area contributed by atoms with Crippen LogP contribution in [0.5, 0.6) is 0 Å². The Kier molecular flexibility index (Phi) is 6.39. The molecule has 0 atom stereocenters. The van der Waals surface area contributed by atoms with Gasteiger partial charge in [-0.25, -0.2) is 9.78 Å². The quantitative estimate of drug-likeness (QED) is 0.185. The second-order valence-corrected chi connectivity index (χ2v) is 0.667. The van der Waals surface area contributed by atoms with E-state index in [1.54, 1.807) is 0 Å². The molecule has 0 unspecified atom stereocenters. The zero-order valence-electron chi connectivity index (χ0n) is 2.84. The van der Waals surface area contributed by atoms with Crippen molar-refractivity contribution >= 4 is 61.6 Å². The zero-order valence-corrected chi connectivity index (χ0v) is 5.05. The Morgan fingerprint density at radius 2 is 1.29 bits per heavy atom. The van der Waals surface area contributed by atoms with E-state index in [0.29, 0.717) is 0 Å². The van der Waals surface area contributed by atoms with Crippen LogP contribution in [0.1, 0.15) is 0 Å². The molecule has 0 N–H and O–H groups in total. The van der Waals surface area contributed by atoms with Crippen molar-refractivity contribution in [3.05, 3.63) is 0 Å². The third kappa shape index (κ3) is 5.77. The van der Waals surface area contributed by atoms with Crippen LogP contribution in [0.2, 0.25) is 0 Å². The van der Waals surface area contributed by atoms with Crippen LogP contribution in [0.3, 0.4) is 0 Å². The summed E-state index contributed by atoms with van der Waals surface area (Å²) in [5.41, 5.74) is 0. The van der Waals surface area contributed by atoms with E-state index < -0.39 is 6.16 Å².